The molecule has 5 rings (SSSR count). The molecule has 1 aliphatic rings. The Labute approximate surface area is 351 Å². The van der Waals surface area contributed by atoms with E-state index in [0.29, 0.717) is 57.8 Å². The maximum absolute atomic E-state index is 14.7. The van der Waals surface area contributed by atoms with Crippen molar-refractivity contribution in [3.8, 4) is 17.2 Å². The molecule has 2 atom stereocenters. The lowest BCUT2D eigenvalue weighted by Gasteiger charge is -2.33. The topological polar surface area (TPSA) is 139 Å². The van der Waals surface area contributed by atoms with Crippen molar-refractivity contribution in [2.45, 2.75) is 72.0 Å². The quantitative estimate of drug-likeness (QED) is 0.0726. The van der Waals surface area contributed by atoms with E-state index >= 15 is 0 Å². The van der Waals surface area contributed by atoms with Crippen molar-refractivity contribution in [3.63, 3.8) is 0 Å². The van der Waals surface area contributed by atoms with Gasteiger partial charge in [0.1, 0.15) is 18.0 Å². The first-order valence-electron chi connectivity index (χ1n) is 19.7. The van der Waals surface area contributed by atoms with E-state index in [1.54, 1.807) is 60.4 Å². The molecule has 2 amide bonds. The maximum atomic E-state index is 14.7. The van der Waals surface area contributed by atoms with Crippen LogP contribution in [-0.4, -0.2) is 70.4 Å². The van der Waals surface area contributed by atoms with E-state index in [1.165, 1.54) is 26.7 Å². The minimum Gasteiger partial charge on any atom is -0.493 e. The number of hydrogen-bond donors (Lipinski definition) is 1. The second-order valence-corrected chi connectivity index (χ2v) is 15.4. The summed E-state index contributed by atoms with van der Waals surface area (Å²) in [4.78, 5) is 54.4. The molecule has 0 saturated carbocycles. The maximum Gasteiger partial charge on any atom is 0.306 e. The van der Waals surface area contributed by atoms with Gasteiger partial charge >= 0.3 is 11.9 Å². The second-order valence-electron chi connectivity index (χ2n) is 15.0. The summed E-state index contributed by atoms with van der Waals surface area (Å²) in [6.07, 6.45) is -0.499. The third-order valence-corrected chi connectivity index (χ3v) is 9.94. The van der Waals surface area contributed by atoms with Gasteiger partial charge < -0.3 is 38.6 Å². The second kappa shape index (κ2) is 20.9. The van der Waals surface area contributed by atoms with Gasteiger partial charge in [-0.15, -0.1) is 0 Å². The molecule has 314 valence electrons. The van der Waals surface area contributed by atoms with Crippen LogP contribution < -0.4 is 24.4 Å². The number of anilines is 2. The summed E-state index contributed by atoms with van der Waals surface area (Å²) in [5.74, 6) is -0.310. The summed E-state index contributed by atoms with van der Waals surface area (Å²) in [5, 5.41) is 3.34. The number of aryl methyl sites for hydroxylation is 2. The van der Waals surface area contributed by atoms with Gasteiger partial charge in [0.25, 0.3) is 5.91 Å². The molecule has 0 saturated heterocycles. The lowest BCUT2D eigenvalue weighted by molar-refractivity contribution is -0.144. The van der Waals surface area contributed by atoms with Crippen LogP contribution in [0, 0.1) is 5.41 Å². The van der Waals surface area contributed by atoms with Crippen LogP contribution in [0.4, 0.5) is 11.4 Å². The highest BCUT2D eigenvalue weighted by molar-refractivity contribution is 6.30. The SMILES string of the molecule is CCOC(=O)CCc1cc(NC(=O)C[C@H]2O[C@H](c3cccc(OC)c3OC)c3cc(Cl)ccc3N(CC(C)(C)COC(C)=O)C2=O)ccc1OCCCc1ccccc1. The molecule has 0 fully saturated rings. The van der Waals surface area contributed by atoms with Gasteiger partial charge in [0.2, 0.25) is 5.91 Å². The number of benzene rings is 4. The molecule has 4 aromatic carbocycles. The number of fused-ring (bicyclic) bond motifs is 1. The minimum atomic E-state index is -1.29. The van der Waals surface area contributed by atoms with E-state index in [1.807, 2.05) is 38.1 Å². The van der Waals surface area contributed by atoms with Crippen molar-refractivity contribution in [2.24, 2.45) is 5.41 Å². The van der Waals surface area contributed by atoms with Gasteiger partial charge in [-0.3, -0.25) is 19.2 Å². The molecule has 0 bridgehead atoms. The Bertz CT molecular complexity index is 2090. The van der Waals surface area contributed by atoms with Gasteiger partial charge in [0.15, 0.2) is 11.5 Å². The zero-order chi connectivity index (χ0) is 42.5. The van der Waals surface area contributed by atoms with Crippen LogP contribution in [0.1, 0.15) is 75.3 Å². The Morgan fingerprint density at radius 1 is 0.881 bits per heavy atom. The highest BCUT2D eigenvalue weighted by Gasteiger charge is 2.41. The molecule has 12 nitrogen and oxygen atoms in total. The molecule has 0 aliphatic carbocycles. The minimum absolute atomic E-state index is 0.0411. The molecule has 1 aliphatic heterocycles. The van der Waals surface area contributed by atoms with Gasteiger partial charge in [-0.1, -0.05) is 67.9 Å². The van der Waals surface area contributed by atoms with Crippen molar-refractivity contribution < 1.29 is 47.6 Å². The fraction of sp³-hybridized carbons (Fsp3) is 0.391. The highest BCUT2D eigenvalue weighted by atomic mass is 35.5. The van der Waals surface area contributed by atoms with Gasteiger partial charge in [-0.2, -0.15) is 0 Å². The van der Waals surface area contributed by atoms with Crippen LogP contribution in [-0.2, 0) is 46.2 Å². The summed E-state index contributed by atoms with van der Waals surface area (Å²) in [6, 6.07) is 25.9. The standard InChI is InChI=1S/C46H53ClN2O10/c1-7-56-42(52)23-18-32-25-34(20-22-38(32)57-24-12-15-31-13-9-8-10-14-31)48-41(51)27-40-45(53)49(28-46(3,4)29-58-30(2)50)37-21-19-33(47)26-36(37)43(59-40)35-16-11-17-39(54-5)44(35)55-6/h8-11,13-14,16-17,19-22,25-26,40,43H,7,12,15,18,23-24,27-29H2,1-6H3,(H,48,51)/t40-,43-/m1/s1. The fourth-order valence-electron chi connectivity index (χ4n) is 6.94. The number of ether oxygens (including phenoxy) is 6. The predicted octanol–water partition coefficient (Wildman–Crippen LogP) is 8.30. The van der Waals surface area contributed by atoms with Gasteiger partial charge in [-0.25, -0.2) is 0 Å². The normalized spacial score (nSPS) is 15.1. The number of rotatable bonds is 19. The van der Waals surface area contributed by atoms with Crippen LogP contribution in [0.2, 0.25) is 5.02 Å². The fourth-order valence-corrected chi connectivity index (χ4v) is 7.13. The average molecular weight is 829 g/mol. The van der Waals surface area contributed by atoms with Gasteiger partial charge in [-0.05, 0) is 79.8 Å². The first-order chi connectivity index (χ1) is 28.3. The zero-order valence-electron chi connectivity index (χ0n) is 34.5. The third kappa shape index (κ3) is 12.2. The number of esters is 2. The highest BCUT2D eigenvalue weighted by Crippen LogP contribution is 2.46. The zero-order valence-corrected chi connectivity index (χ0v) is 35.3. The number of nitrogens with one attached hydrogen (secondary N) is 1. The molecule has 1 heterocycles. The molecule has 0 radical (unpaired) electrons. The van der Waals surface area contributed by atoms with Crippen LogP contribution in [0.5, 0.6) is 17.2 Å². The summed E-state index contributed by atoms with van der Waals surface area (Å²) >= 11 is 6.60. The molecular formula is C46H53ClN2O10. The number of hydrogen-bond acceptors (Lipinski definition) is 10. The summed E-state index contributed by atoms with van der Waals surface area (Å²) in [6.45, 7) is 7.73. The van der Waals surface area contributed by atoms with E-state index in [-0.39, 0.29) is 38.6 Å². The number of nitrogens with zero attached hydrogens (tertiary/aromatic N) is 1. The monoisotopic (exact) mass is 828 g/mol. The van der Waals surface area contributed by atoms with Crippen molar-refractivity contribution in [1.29, 1.82) is 0 Å². The summed E-state index contributed by atoms with van der Waals surface area (Å²) in [7, 11) is 3.04. The first-order valence-corrected chi connectivity index (χ1v) is 20.1. The molecule has 4 aromatic rings. The van der Waals surface area contributed by atoms with Gasteiger partial charge in [0, 0.05) is 52.8 Å². The molecule has 59 heavy (non-hydrogen) atoms. The number of halogens is 1. The molecule has 0 spiro atoms. The van der Waals surface area contributed by atoms with Crippen LogP contribution in [0.25, 0.3) is 0 Å². The molecule has 0 aromatic heterocycles. The molecule has 13 heteroatoms. The smallest absolute Gasteiger partial charge is 0.306 e. The van der Waals surface area contributed by atoms with Crippen LogP contribution >= 0.6 is 11.6 Å². The van der Waals surface area contributed by atoms with E-state index < -0.39 is 35.4 Å². The predicted molar refractivity (Wildman–Crippen MR) is 225 cm³/mol. The van der Waals surface area contributed by atoms with Gasteiger partial charge in [0.05, 0.1) is 40.5 Å². The Morgan fingerprint density at radius 2 is 1.66 bits per heavy atom. The van der Waals surface area contributed by atoms with Crippen LogP contribution in [0.3, 0.4) is 0 Å². The Balaban J connectivity index is 1.44. The summed E-state index contributed by atoms with van der Waals surface area (Å²) < 4.78 is 34.8. The number of methoxy groups -OCH3 is 2. The van der Waals surface area contributed by atoms with Crippen molar-refractivity contribution >= 4 is 46.7 Å². The number of carbonyl (C=O) groups excluding carboxylic acids is 4. The van der Waals surface area contributed by atoms with E-state index in [9.17, 15) is 19.2 Å². The largest absolute Gasteiger partial charge is 0.493 e. The Morgan fingerprint density at radius 3 is 2.37 bits per heavy atom. The molecular weight excluding hydrogens is 776 g/mol. The number of para-hydroxylation sites is 1. The molecule has 1 N–H and O–H groups in total. The lowest BCUT2D eigenvalue weighted by Crippen LogP contribution is -2.46. The average Bonchev–Trinajstić information content (AvgIpc) is 3.31. The van der Waals surface area contributed by atoms with Crippen molar-refractivity contribution in [3.05, 3.63) is 112 Å². The molecule has 0 unspecified atom stereocenters. The third-order valence-electron chi connectivity index (χ3n) is 9.70. The lowest BCUT2D eigenvalue weighted by atomic mass is 9.92. The van der Waals surface area contributed by atoms with Crippen LogP contribution in [0.15, 0.2) is 84.9 Å². The number of carbonyl (C=O) groups is 4. The van der Waals surface area contributed by atoms with Crippen molar-refractivity contribution in [2.75, 3.05) is 50.8 Å². The number of amides is 2. The Hall–Kier alpha value is -5.59. The Kier molecular flexibility index (Phi) is 15.8. The van der Waals surface area contributed by atoms with Crippen molar-refractivity contribution in [1.82, 2.24) is 0 Å². The van der Waals surface area contributed by atoms with E-state index in [4.69, 9.17) is 40.0 Å². The first kappa shape index (κ1) is 44.5. The van der Waals surface area contributed by atoms with E-state index in [0.717, 1.165) is 18.4 Å². The van der Waals surface area contributed by atoms with E-state index in [2.05, 4.69) is 17.4 Å². The summed E-state index contributed by atoms with van der Waals surface area (Å²) in [5.41, 5.74) is 3.31.